The number of phenols is 5. The van der Waals surface area contributed by atoms with Crippen LogP contribution in [0.1, 0.15) is 308 Å². The van der Waals surface area contributed by atoms with Gasteiger partial charge in [0.05, 0.1) is 27.7 Å². The van der Waals surface area contributed by atoms with Gasteiger partial charge in [0.25, 0.3) is 0 Å². The molecule has 0 fully saturated rings. The van der Waals surface area contributed by atoms with Gasteiger partial charge in [-0.25, -0.2) is 0 Å². The molecule has 30 heteroatoms. The van der Waals surface area contributed by atoms with Gasteiger partial charge in [0.2, 0.25) is 0 Å². The van der Waals surface area contributed by atoms with E-state index < -0.39 is 85.2 Å². The molecule has 143 heavy (non-hydrogen) atoms. The molecule has 10 aromatic carbocycles. The fraction of sp³-hybridized carbons (Fsp3) is 0.425. The van der Waals surface area contributed by atoms with Crippen molar-refractivity contribution in [2.24, 2.45) is 25.0 Å². The van der Waals surface area contributed by atoms with Crippen molar-refractivity contribution < 1.29 is 111 Å². The number of aliphatic imine (C=N–C) groups is 5. The standard InChI is InChI=1S/C26H38NOP.C23H32NOP.2C22H30NOP.C20H26NOP.10ClH.5Ti/c1-17-12-11-13-18(16-27-26(8,9)10)23(17)29-21-15-19(24(2,3)4)14-20(22(21)28)25(5,6)7;1-15-10-9-11-17(14-24-23(6,7)8)21(15)26-19-13-18(22(3,4)5)12-16(2)20(19)25;1-15-10-8-11-16(14-23-22(5,6)7)20(15)25-18-13-9-12-17(19(18)24)21(2,3)4;1-15-12-17(21(2,3)4)20(24)19(13-15)25-18-11-9-8-10-16(18)14-23-22(5,6)7;1-13-10-15(3)18(22)17(11-13)23-19-14(2)8-7-9-16(19)12-21-20(4,5)6;;;;;;;;;;;;;;;/h11-16,28-29H,1-10H3;9-14,25-26H,1-8H3;2*8-14,24-25H,1-7H3;7-12,22-23H,1-6H3;10*1H;;;;;/q;;;;;;;;;;;;;;;5*+2/p-10. The fourth-order valence-corrected chi connectivity index (χ4v) is 20.1. The minimum absolute atomic E-state index is 0.0230. The quantitative estimate of drug-likeness (QED) is 0.0391. The van der Waals surface area contributed by atoms with E-state index in [9.17, 15) is 25.5 Å². The molecule has 0 saturated heterocycles. The number of halogens is 10. The van der Waals surface area contributed by atoms with Crippen LogP contribution < -0.4 is 53.0 Å². The summed E-state index contributed by atoms with van der Waals surface area (Å²) in [4.78, 5) is 23.4. The molecule has 778 valence electrons. The maximum absolute atomic E-state index is 11.2. The van der Waals surface area contributed by atoms with Crippen LogP contribution in [0.5, 0.6) is 28.7 Å². The predicted molar refractivity (Wildman–Crippen MR) is 637 cm³/mol. The Labute approximate surface area is 954 Å². The summed E-state index contributed by atoms with van der Waals surface area (Å²) in [5.41, 5.74) is 19.7. The van der Waals surface area contributed by atoms with E-state index in [1.165, 1.54) is 71.0 Å². The Morgan fingerprint density at radius 3 is 0.755 bits per heavy atom. The predicted octanol–water partition coefficient (Wildman–Crippen LogP) is 32.0. The molecule has 5 unspecified atom stereocenters. The van der Waals surface area contributed by atoms with E-state index in [2.05, 4.69) is 397 Å². The van der Waals surface area contributed by atoms with Crippen molar-refractivity contribution in [3.05, 3.63) is 264 Å². The van der Waals surface area contributed by atoms with Gasteiger partial charge in [-0.1, -0.05) is 286 Å². The van der Waals surface area contributed by atoms with Crippen molar-refractivity contribution in [2.45, 2.75) is 318 Å². The van der Waals surface area contributed by atoms with Gasteiger partial charge in [-0.15, -0.1) is 0 Å². The van der Waals surface area contributed by atoms with Crippen molar-refractivity contribution in [2.75, 3.05) is 0 Å². The van der Waals surface area contributed by atoms with Gasteiger partial charge < -0.3 is 25.5 Å². The summed E-state index contributed by atoms with van der Waals surface area (Å²) >= 11 is -2.78. The summed E-state index contributed by atoms with van der Waals surface area (Å²) in [5, 5.41) is 65.1. The van der Waals surface area contributed by atoms with Gasteiger partial charge >= 0.3 is 178 Å². The Morgan fingerprint density at radius 1 is 0.217 bits per heavy atom. The molecule has 0 aliphatic carbocycles. The van der Waals surface area contributed by atoms with Crippen LogP contribution in [-0.2, 0) is 112 Å². The Hall–Kier alpha value is -1.83. The second kappa shape index (κ2) is 65.1. The summed E-state index contributed by atoms with van der Waals surface area (Å²) in [6.07, 6.45) is 9.87. The molecule has 0 bridgehead atoms. The van der Waals surface area contributed by atoms with Crippen LogP contribution in [0.15, 0.2) is 189 Å². The Kier molecular flexibility index (Phi) is 63.4. The molecule has 0 aromatic heterocycles. The van der Waals surface area contributed by atoms with Gasteiger partial charge in [0.1, 0.15) is 28.7 Å². The number of aromatic hydroxyl groups is 5. The first-order valence-electron chi connectivity index (χ1n) is 46.8. The van der Waals surface area contributed by atoms with E-state index in [0.29, 0.717) is 71.7 Å². The van der Waals surface area contributed by atoms with Crippen LogP contribution in [0.2, 0.25) is 0 Å². The number of hydrogen-bond donors (Lipinski definition) is 5. The van der Waals surface area contributed by atoms with Crippen LogP contribution in [0.4, 0.5) is 0 Å². The number of aryl methyl sites for hydroxylation is 8. The zero-order valence-electron chi connectivity index (χ0n) is 91.2. The number of nitrogens with zero attached hydrogens (tertiary/aromatic N) is 5. The van der Waals surface area contributed by atoms with Crippen LogP contribution in [0, 0.1) is 55.4 Å². The van der Waals surface area contributed by atoms with Gasteiger partial charge in [-0.05, 0) is 298 Å². The van der Waals surface area contributed by atoms with Gasteiger partial charge in [-0.3, -0.25) is 25.0 Å². The Bertz CT molecular complexity index is 5810. The SMILES string of the molecule is Cc1cc(C(C)(C)C)cc(Pc2c(C)cccc2C=NC(C)(C)C)c1O.Cc1cc(C)c(O)c(Pc2c(C)cccc2C=NC(C)(C)C)c1.Cc1cc(Pc2ccccc2C=NC(C)(C)C)c(O)c(C(C)(C)C)c1.Cc1cccc(C=NC(C)(C)C)c1Pc1cc(C(C)(C)C)cc(C(C)(C)C)c1O.Cc1cccc(C=NC(C)(C)C)c1Pc1cccc(C(C)(C)C)c1O.[Cl][Ti][Cl].[Cl][Ti][Cl].[Cl][Ti][Cl].[Cl][Ti][Cl].[Cl][Ti][Cl]. The summed E-state index contributed by atoms with van der Waals surface area (Å²) in [6, 6.07) is 56.6. The molecule has 5 N–H and O–H groups in total. The molecule has 0 amide bonds. The molecule has 0 saturated carbocycles. The van der Waals surface area contributed by atoms with E-state index >= 15 is 0 Å². The van der Waals surface area contributed by atoms with Crippen LogP contribution >= 0.6 is 136 Å². The van der Waals surface area contributed by atoms with E-state index in [1.807, 2.05) is 81.3 Å². The number of phenolic OH excluding ortho intramolecular Hbond substituents is 5. The van der Waals surface area contributed by atoms with Gasteiger partial charge in [-0.2, -0.15) is 0 Å². The average Bonchev–Trinajstić information content (AvgIpc) is 0.786. The Morgan fingerprint density at radius 2 is 0.448 bits per heavy atom. The summed E-state index contributed by atoms with van der Waals surface area (Å²) in [7, 11) is 50.9. The first-order valence-corrected chi connectivity index (χ1v) is 73.3. The monoisotopic (exact) mass is 2410 g/mol. The van der Waals surface area contributed by atoms with Crippen molar-refractivity contribution >= 4 is 220 Å². The summed E-state index contributed by atoms with van der Waals surface area (Å²) in [6.45, 7) is 80.7. The van der Waals surface area contributed by atoms with Crippen molar-refractivity contribution in [1.82, 2.24) is 0 Å². The zero-order chi connectivity index (χ0) is 110. The molecule has 10 aromatic rings. The second-order valence-corrected chi connectivity index (χ2v) is 64.0. The van der Waals surface area contributed by atoms with E-state index in [-0.39, 0.29) is 54.8 Å². The summed E-state index contributed by atoms with van der Waals surface area (Å²) in [5.74, 6) is 2.12. The van der Waals surface area contributed by atoms with E-state index in [1.54, 1.807) is 0 Å². The molecule has 0 radical (unpaired) electrons. The average molecular weight is 2410 g/mol. The third kappa shape index (κ3) is 53.7. The normalized spacial score (nSPS) is 12.3. The van der Waals surface area contributed by atoms with Gasteiger partial charge in [0.15, 0.2) is 0 Å². The third-order valence-electron chi connectivity index (χ3n) is 20.7. The van der Waals surface area contributed by atoms with Crippen molar-refractivity contribution in [3.8, 4) is 28.7 Å². The molecule has 5 atom stereocenters. The van der Waals surface area contributed by atoms with Crippen LogP contribution in [0.3, 0.4) is 0 Å². The minimum atomic E-state index is -0.556. The van der Waals surface area contributed by atoms with Crippen molar-refractivity contribution in [3.63, 3.8) is 0 Å². The summed E-state index contributed by atoms with van der Waals surface area (Å²) < 4.78 is 0. The number of hydrogen-bond acceptors (Lipinski definition) is 10. The molecular weight excluding hydrogens is 2260 g/mol. The van der Waals surface area contributed by atoms with Gasteiger partial charge in [0, 0.05) is 96.5 Å². The van der Waals surface area contributed by atoms with Crippen molar-refractivity contribution in [1.29, 1.82) is 0 Å². The maximum atomic E-state index is 11.2. The number of benzene rings is 10. The molecule has 10 nitrogen and oxygen atoms in total. The van der Waals surface area contributed by atoms with Crippen LogP contribution in [-0.4, -0.2) is 84.3 Å². The molecular formula is C113H156Cl10N5O5P5Ti5. The Balaban J connectivity index is 0.000000862. The zero-order valence-corrected chi connectivity index (χ0v) is 112. The van der Waals surface area contributed by atoms with E-state index in [4.69, 9.17) is 98.0 Å². The molecule has 0 aliphatic rings. The molecule has 0 spiro atoms. The number of para-hydroxylation sites is 1. The topological polar surface area (TPSA) is 163 Å². The first kappa shape index (κ1) is 139. The molecule has 0 aliphatic heterocycles. The second-order valence-electron chi connectivity index (χ2n) is 44.6. The van der Waals surface area contributed by atoms with E-state index in [0.717, 1.165) is 82.2 Å². The third-order valence-corrected chi connectivity index (χ3v) is 28.5. The first-order chi connectivity index (χ1) is 65.7. The van der Waals surface area contributed by atoms with Crippen LogP contribution in [0.25, 0.3) is 0 Å². The number of rotatable bonds is 15. The molecule has 10 rings (SSSR count). The fourth-order valence-electron chi connectivity index (χ4n) is 13.4. The molecule has 0 heterocycles.